The Labute approximate surface area is 114 Å². The third-order valence-corrected chi connectivity index (χ3v) is 4.34. The first-order valence-corrected chi connectivity index (χ1v) is 8.18. The number of sulfone groups is 1. The number of ether oxygens (including phenoxy) is 1. The smallest absolute Gasteiger partial charge is 0.177 e. The molecule has 0 bridgehead atoms. The molecule has 5 heteroatoms. The molecule has 2 rings (SSSR count). The Morgan fingerprint density at radius 1 is 1.47 bits per heavy atom. The highest BCUT2D eigenvalue weighted by Gasteiger charge is 2.26. The minimum atomic E-state index is -3.20. The van der Waals surface area contributed by atoms with Gasteiger partial charge in [-0.25, -0.2) is 8.42 Å². The summed E-state index contributed by atoms with van der Waals surface area (Å²) in [6.45, 7) is 5.70. The second kappa shape index (κ2) is 5.75. The van der Waals surface area contributed by atoms with Gasteiger partial charge in [-0.3, -0.25) is 0 Å². The van der Waals surface area contributed by atoms with Crippen LogP contribution in [0, 0.1) is 0 Å². The van der Waals surface area contributed by atoms with Crippen LogP contribution in [0.5, 0.6) is 0 Å². The summed E-state index contributed by atoms with van der Waals surface area (Å²) in [4.78, 5) is 2.46. The fraction of sp³-hybridized carbons (Fsp3) is 0.429. The molecule has 4 nitrogen and oxygen atoms in total. The molecule has 0 amide bonds. The molecule has 1 fully saturated rings. The summed E-state index contributed by atoms with van der Waals surface area (Å²) in [5, 5.41) is 0. The molecule has 1 aromatic carbocycles. The van der Waals surface area contributed by atoms with E-state index in [2.05, 4.69) is 11.5 Å². The average Bonchev–Trinajstić information content (AvgIpc) is 2.84. The van der Waals surface area contributed by atoms with E-state index in [0.29, 0.717) is 11.5 Å². The van der Waals surface area contributed by atoms with Crippen molar-refractivity contribution in [1.82, 2.24) is 0 Å². The monoisotopic (exact) mass is 281 g/mol. The van der Waals surface area contributed by atoms with Crippen LogP contribution >= 0.6 is 0 Å². The molecule has 1 saturated heterocycles. The van der Waals surface area contributed by atoms with Crippen LogP contribution in [-0.4, -0.2) is 40.5 Å². The highest BCUT2D eigenvalue weighted by molar-refractivity contribution is 7.90. The van der Waals surface area contributed by atoms with Crippen molar-refractivity contribution in [3.05, 3.63) is 36.9 Å². The molecular formula is C14H19NO3S. The molecule has 1 unspecified atom stereocenters. The lowest BCUT2D eigenvalue weighted by Crippen LogP contribution is -2.24. The first kappa shape index (κ1) is 14.1. The van der Waals surface area contributed by atoms with Crippen LogP contribution in [0.1, 0.15) is 6.42 Å². The van der Waals surface area contributed by atoms with Gasteiger partial charge in [-0.15, -0.1) is 6.58 Å². The van der Waals surface area contributed by atoms with Crippen molar-refractivity contribution in [1.29, 1.82) is 0 Å². The largest absolute Gasteiger partial charge is 0.372 e. The quantitative estimate of drug-likeness (QED) is 0.773. The van der Waals surface area contributed by atoms with E-state index in [0.717, 1.165) is 25.2 Å². The van der Waals surface area contributed by atoms with Crippen LogP contribution in [0.4, 0.5) is 5.69 Å². The zero-order valence-corrected chi connectivity index (χ0v) is 11.9. The maximum absolute atomic E-state index is 11.8. The van der Waals surface area contributed by atoms with Crippen molar-refractivity contribution >= 4 is 15.5 Å². The summed E-state index contributed by atoms with van der Waals surface area (Å²) in [7, 11) is -3.20. The van der Waals surface area contributed by atoms with Gasteiger partial charge in [0.2, 0.25) is 0 Å². The molecular weight excluding hydrogens is 262 g/mol. The van der Waals surface area contributed by atoms with E-state index in [4.69, 9.17) is 4.74 Å². The topological polar surface area (TPSA) is 46.6 Å². The van der Waals surface area contributed by atoms with Crippen LogP contribution in [0.15, 0.2) is 41.8 Å². The van der Waals surface area contributed by atoms with E-state index in [-0.39, 0.29) is 6.10 Å². The SMILES string of the molecule is C=CCOC1CCN(c2ccccc2S(C)(=O)=O)C1. The van der Waals surface area contributed by atoms with Crippen LogP contribution < -0.4 is 4.90 Å². The Bertz CT molecular complexity index is 554. The van der Waals surface area contributed by atoms with Crippen molar-refractivity contribution < 1.29 is 13.2 Å². The third kappa shape index (κ3) is 3.36. The van der Waals surface area contributed by atoms with Gasteiger partial charge in [0, 0.05) is 19.3 Å². The van der Waals surface area contributed by atoms with Crippen LogP contribution in [-0.2, 0) is 14.6 Å². The number of para-hydroxylation sites is 1. The molecule has 0 radical (unpaired) electrons. The van der Waals surface area contributed by atoms with Gasteiger partial charge >= 0.3 is 0 Å². The fourth-order valence-electron chi connectivity index (χ4n) is 2.32. The lowest BCUT2D eigenvalue weighted by Gasteiger charge is -2.21. The molecule has 1 heterocycles. The van der Waals surface area contributed by atoms with Gasteiger partial charge in [0.25, 0.3) is 0 Å². The average molecular weight is 281 g/mol. The summed E-state index contributed by atoms with van der Waals surface area (Å²) in [6, 6.07) is 7.12. The van der Waals surface area contributed by atoms with Crippen molar-refractivity contribution in [2.45, 2.75) is 17.4 Å². The second-order valence-electron chi connectivity index (χ2n) is 4.72. The number of benzene rings is 1. The van der Waals surface area contributed by atoms with Crippen molar-refractivity contribution in [2.24, 2.45) is 0 Å². The van der Waals surface area contributed by atoms with Gasteiger partial charge in [0.1, 0.15) is 0 Å². The molecule has 0 aliphatic carbocycles. The normalized spacial score (nSPS) is 19.6. The lowest BCUT2D eigenvalue weighted by molar-refractivity contribution is 0.0909. The molecule has 0 spiro atoms. The van der Waals surface area contributed by atoms with Crippen LogP contribution in [0.2, 0.25) is 0 Å². The van der Waals surface area contributed by atoms with Gasteiger partial charge in [0.05, 0.1) is 23.3 Å². The van der Waals surface area contributed by atoms with E-state index < -0.39 is 9.84 Å². The Balaban J connectivity index is 2.18. The molecule has 104 valence electrons. The van der Waals surface area contributed by atoms with E-state index in [1.807, 2.05) is 12.1 Å². The number of nitrogens with zero attached hydrogens (tertiary/aromatic N) is 1. The number of hydrogen-bond acceptors (Lipinski definition) is 4. The lowest BCUT2D eigenvalue weighted by atomic mass is 10.3. The Hall–Kier alpha value is -1.33. The van der Waals surface area contributed by atoms with E-state index in [1.54, 1.807) is 18.2 Å². The fourth-order valence-corrected chi connectivity index (χ4v) is 3.22. The van der Waals surface area contributed by atoms with Gasteiger partial charge in [-0.1, -0.05) is 18.2 Å². The maximum atomic E-state index is 11.8. The predicted octanol–water partition coefficient (Wildman–Crippen LogP) is 1.87. The van der Waals surface area contributed by atoms with E-state index in [1.165, 1.54) is 6.26 Å². The summed E-state index contributed by atoms with van der Waals surface area (Å²) in [6.07, 6.45) is 4.03. The van der Waals surface area contributed by atoms with E-state index in [9.17, 15) is 8.42 Å². The molecule has 1 aliphatic rings. The summed E-state index contributed by atoms with van der Waals surface area (Å²) < 4.78 is 29.2. The maximum Gasteiger partial charge on any atom is 0.177 e. The Kier molecular flexibility index (Phi) is 4.27. The van der Waals surface area contributed by atoms with Gasteiger partial charge < -0.3 is 9.64 Å². The molecule has 1 aromatic rings. The van der Waals surface area contributed by atoms with Gasteiger partial charge in [-0.2, -0.15) is 0 Å². The van der Waals surface area contributed by atoms with Gasteiger partial charge in [-0.05, 0) is 18.6 Å². The molecule has 19 heavy (non-hydrogen) atoms. The molecule has 0 N–H and O–H groups in total. The van der Waals surface area contributed by atoms with Crippen LogP contribution in [0.3, 0.4) is 0 Å². The van der Waals surface area contributed by atoms with Crippen molar-refractivity contribution in [2.75, 3.05) is 30.9 Å². The first-order valence-electron chi connectivity index (χ1n) is 6.29. The van der Waals surface area contributed by atoms with E-state index >= 15 is 0 Å². The molecule has 0 aromatic heterocycles. The third-order valence-electron chi connectivity index (χ3n) is 3.20. The van der Waals surface area contributed by atoms with Crippen LogP contribution in [0.25, 0.3) is 0 Å². The minimum absolute atomic E-state index is 0.144. The minimum Gasteiger partial charge on any atom is -0.372 e. The number of hydrogen-bond donors (Lipinski definition) is 0. The highest BCUT2D eigenvalue weighted by Crippen LogP contribution is 2.28. The zero-order valence-electron chi connectivity index (χ0n) is 11.1. The standard InChI is InChI=1S/C14H19NO3S/c1-3-10-18-12-8-9-15(11-12)13-6-4-5-7-14(13)19(2,16)17/h3-7,12H,1,8-11H2,2H3. The Morgan fingerprint density at radius 2 is 2.21 bits per heavy atom. The number of anilines is 1. The zero-order chi connectivity index (χ0) is 13.9. The van der Waals surface area contributed by atoms with Gasteiger partial charge in [0.15, 0.2) is 9.84 Å². The first-order chi connectivity index (χ1) is 9.02. The summed E-state index contributed by atoms with van der Waals surface area (Å²) in [5.74, 6) is 0. The Morgan fingerprint density at radius 3 is 2.89 bits per heavy atom. The number of rotatable bonds is 5. The summed E-state index contributed by atoms with van der Waals surface area (Å²) in [5.41, 5.74) is 0.773. The molecule has 1 atom stereocenters. The molecule has 0 saturated carbocycles. The van der Waals surface area contributed by atoms with Crippen molar-refractivity contribution in [3.63, 3.8) is 0 Å². The van der Waals surface area contributed by atoms with Crippen molar-refractivity contribution in [3.8, 4) is 0 Å². The summed E-state index contributed by atoms with van der Waals surface area (Å²) >= 11 is 0. The predicted molar refractivity (Wildman–Crippen MR) is 76.3 cm³/mol. The second-order valence-corrected chi connectivity index (χ2v) is 6.70. The molecule has 1 aliphatic heterocycles. The highest BCUT2D eigenvalue weighted by atomic mass is 32.2.